The van der Waals surface area contributed by atoms with Gasteiger partial charge >= 0.3 is 0 Å². The molecule has 7 heavy (non-hydrogen) atoms. The molecular formula is C6H13O. The fraction of sp³-hybridized carbons (Fsp3) is 0.833. The van der Waals surface area contributed by atoms with Gasteiger partial charge in [-0.25, -0.2) is 0 Å². The van der Waals surface area contributed by atoms with E-state index < -0.39 is 0 Å². The van der Waals surface area contributed by atoms with Gasteiger partial charge in [0.15, 0.2) is 0 Å². The van der Waals surface area contributed by atoms with Gasteiger partial charge in [-0.3, -0.25) is 0 Å². The first-order valence-corrected chi connectivity index (χ1v) is 2.49. The Kier molecular flexibility index (Phi) is 2.30. The number of rotatable bonds is 1. The van der Waals surface area contributed by atoms with E-state index in [9.17, 15) is 0 Å². The third-order valence-corrected chi connectivity index (χ3v) is 0.535. The van der Waals surface area contributed by atoms with E-state index in [1.165, 1.54) is 0 Å². The summed E-state index contributed by atoms with van der Waals surface area (Å²) in [6.45, 7) is 10.1. The second-order valence-corrected chi connectivity index (χ2v) is 2.46. The highest BCUT2D eigenvalue weighted by atomic mass is 16.5. The van der Waals surface area contributed by atoms with Crippen LogP contribution in [0.3, 0.4) is 0 Å². The molecule has 0 bridgehead atoms. The Morgan fingerprint density at radius 1 is 1.43 bits per heavy atom. The highest BCUT2D eigenvalue weighted by Gasteiger charge is 2.06. The molecule has 1 heteroatoms. The summed E-state index contributed by atoms with van der Waals surface area (Å²) < 4.78 is 5.12. The fourth-order valence-electron chi connectivity index (χ4n) is 0.306. The van der Waals surface area contributed by atoms with Crippen molar-refractivity contribution in [1.82, 2.24) is 0 Å². The summed E-state index contributed by atoms with van der Waals surface area (Å²) >= 11 is 0. The van der Waals surface area contributed by atoms with Crippen molar-refractivity contribution in [2.45, 2.75) is 26.4 Å². The Bertz CT molecular complexity index is 42.6. The van der Waals surface area contributed by atoms with E-state index in [0.717, 1.165) is 0 Å². The molecular weight excluding hydrogens is 88.1 g/mol. The van der Waals surface area contributed by atoms with E-state index >= 15 is 0 Å². The zero-order valence-electron chi connectivity index (χ0n) is 5.32. The third kappa shape index (κ3) is 5.96. The number of hydrogen-bond donors (Lipinski definition) is 0. The van der Waals surface area contributed by atoms with Gasteiger partial charge in [0, 0.05) is 6.61 Å². The second kappa shape index (κ2) is 2.31. The SMILES string of the molecule is [CH2]COC(C)(C)C. The van der Waals surface area contributed by atoms with Crippen LogP contribution in [0.1, 0.15) is 20.8 Å². The molecule has 0 saturated carbocycles. The first-order chi connectivity index (χ1) is 3.06. The highest BCUT2D eigenvalue weighted by molar-refractivity contribution is 4.58. The normalized spacial score (nSPS) is 12.0. The van der Waals surface area contributed by atoms with Gasteiger partial charge in [-0.1, -0.05) is 0 Å². The molecule has 0 aromatic heterocycles. The Morgan fingerprint density at radius 3 is 1.86 bits per heavy atom. The summed E-state index contributed by atoms with van der Waals surface area (Å²) in [5.74, 6) is 0. The van der Waals surface area contributed by atoms with Crippen molar-refractivity contribution in [2.24, 2.45) is 0 Å². The van der Waals surface area contributed by atoms with E-state index in [0.29, 0.717) is 6.61 Å². The molecule has 0 aliphatic rings. The van der Waals surface area contributed by atoms with E-state index in [1.54, 1.807) is 0 Å². The minimum absolute atomic E-state index is 0.0122. The van der Waals surface area contributed by atoms with Crippen molar-refractivity contribution in [3.8, 4) is 0 Å². The van der Waals surface area contributed by atoms with Crippen molar-refractivity contribution in [3.63, 3.8) is 0 Å². The van der Waals surface area contributed by atoms with Crippen molar-refractivity contribution in [2.75, 3.05) is 6.61 Å². The molecule has 0 aliphatic heterocycles. The fourth-order valence-corrected chi connectivity index (χ4v) is 0.306. The van der Waals surface area contributed by atoms with E-state index in [4.69, 9.17) is 4.74 Å². The first kappa shape index (κ1) is 6.96. The van der Waals surface area contributed by atoms with Gasteiger partial charge in [-0.05, 0) is 27.7 Å². The van der Waals surface area contributed by atoms with Crippen molar-refractivity contribution in [1.29, 1.82) is 0 Å². The van der Waals surface area contributed by atoms with Crippen LogP contribution < -0.4 is 0 Å². The Labute approximate surface area is 45.7 Å². The quantitative estimate of drug-likeness (QED) is 0.488. The summed E-state index contributed by atoms with van der Waals surface area (Å²) in [5, 5.41) is 0. The molecule has 0 N–H and O–H groups in total. The average molecular weight is 101 g/mol. The van der Waals surface area contributed by atoms with Crippen LogP contribution in [0.4, 0.5) is 0 Å². The largest absolute Gasteiger partial charge is 0.376 e. The van der Waals surface area contributed by atoms with Crippen LogP contribution >= 0.6 is 0 Å². The van der Waals surface area contributed by atoms with Crippen LogP contribution in [0.15, 0.2) is 0 Å². The molecule has 0 spiro atoms. The summed E-state index contributed by atoms with van der Waals surface area (Å²) in [6, 6.07) is 0. The van der Waals surface area contributed by atoms with E-state index in [1.807, 2.05) is 20.8 Å². The monoisotopic (exact) mass is 101 g/mol. The van der Waals surface area contributed by atoms with Crippen LogP contribution in [-0.2, 0) is 4.74 Å². The summed E-state index contributed by atoms with van der Waals surface area (Å²) in [6.07, 6.45) is 0. The van der Waals surface area contributed by atoms with Crippen LogP contribution in [0.25, 0.3) is 0 Å². The first-order valence-electron chi connectivity index (χ1n) is 2.49. The van der Waals surface area contributed by atoms with Crippen LogP contribution in [0.2, 0.25) is 0 Å². The summed E-state index contributed by atoms with van der Waals surface area (Å²) in [4.78, 5) is 0. The Balaban J connectivity index is 3.15. The molecule has 0 rings (SSSR count). The van der Waals surface area contributed by atoms with Gasteiger partial charge < -0.3 is 4.74 Å². The van der Waals surface area contributed by atoms with Crippen molar-refractivity contribution >= 4 is 0 Å². The van der Waals surface area contributed by atoms with Crippen molar-refractivity contribution < 1.29 is 4.74 Å². The molecule has 0 amide bonds. The lowest BCUT2D eigenvalue weighted by molar-refractivity contribution is 0.0140. The standard InChI is InChI=1S/C6H13O/c1-5-7-6(2,3)4/h1,5H2,2-4H3. The third-order valence-electron chi connectivity index (χ3n) is 0.535. The molecule has 0 atom stereocenters. The van der Waals surface area contributed by atoms with E-state index in [-0.39, 0.29) is 5.60 Å². The van der Waals surface area contributed by atoms with Gasteiger partial charge in [-0.2, -0.15) is 0 Å². The van der Waals surface area contributed by atoms with Gasteiger partial charge in [0.2, 0.25) is 0 Å². The molecule has 0 saturated heterocycles. The number of hydrogen-bond acceptors (Lipinski definition) is 1. The predicted octanol–water partition coefficient (Wildman–Crippen LogP) is 1.64. The lowest BCUT2D eigenvalue weighted by Gasteiger charge is -2.17. The minimum atomic E-state index is -0.0122. The molecule has 0 heterocycles. The maximum absolute atomic E-state index is 5.12. The zero-order valence-corrected chi connectivity index (χ0v) is 5.32. The van der Waals surface area contributed by atoms with Gasteiger partial charge in [0.1, 0.15) is 0 Å². The lowest BCUT2D eigenvalue weighted by Crippen LogP contribution is -2.18. The average Bonchev–Trinajstić information content (AvgIpc) is 1.30. The Morgan fingerprint density at radius 2 is 1.86 bits per heavy atom. The number of ether oxygens (including phenoxy) is 1. The molecule has 0 aromatic rings. The Hall–Kier alpha value is -0.0400. The molecule has 0 fully saturated rings. The van der Waals surface area contributed by atoms with Crippen molar-refractivity contribution in [3.05, 3.63) is 6.92 Å². The van der Waals surface area contributed by atoms with Gasteiger partial charge in [0.05, 0.1) is 5.60 Å². The topological polar surface area (TPSA) is 9.23 Å². The molecule has 1 radical (unpaired) electrons. The van der Waals surface area contributed by atoms with Crippen LogP contribution in [-0.4, -0.2) is 12.2 Å². The van der Waals surface area contributed by atoms with Gasteiger partial charge in [-0.15, -0.1) is 0 Å². The summed E-state index contributed by atoms with van der Waals surface area (Å²) in [5.41, 5.74) is -0.0122. The molecule has 0 unspecified atom stereocenters. The molecule has 1 nitrogen and oxygen atoms in total. The van der Waals surface area contributed by atoms with Crippen LogP contribution in [0, 0.1) is 6.92 Å². The molecule has 0 aromatic carbocycles. The molecule has 0 aliphatic carbocycles. The zero-order chi connectivity index (χ0) is 5.91. The second-order valence-electron chi connectivity index (χ2n) is 2.46. The molecule has 43 valence electrons. The lowest BCUT2D eigenvalue weighted by atomic mass is 10.2. The maximum atomic E-state index is 5.12. The smallest absolute Gasteiger partial charge is 0.0598 e. The van der Waals surface area contributed by atoms with Crippen LogP contribution in [0.5, 0.6) is 0 Å². The minimum Gasteiger partial charge on any atom is -0.376 e. The summed E-state index contributed by atoms with van der Waals surface area (Å²) in [7, 11) is 0. The predicted molar refractivity (Wildman–Crippen MR) is 31.1 cm³/mol. The maximum Gasteiger partial charge on any atom is 0.0598 e. The van der Waals surface area contributed by atoms with E-state index in [2.05, 4.69) is 6.92 Å². The van der Waals surface area contributed by atoms with Gasteiger partial charge in [0.25, 0.3) is 0 Å². The highest BCUT2D eigenvalue weighted by Crippen LogP contribution is 2.04.